The number of ether oxygens (including phenoxy) is 1. The van der Waals surface area contributed by atoms with Gasteiger partial charge in [0.15, 0.2) is 0 Å². The van der Waals surface area contributed by atoms with Crippen LogP contribution >= 0.6 is 0 Å². The molecule has 2 aromatic heterocycles. The average molecular weight is 231 g/mol. The van der Waals surface area contributed by atoms with Crippen molar-refractivity contribution in [3.05, 3.63) is 36.0 Å². The van der Waals surface area contributed by atoms with E-state index in [9.17, 15) is 4.79 Å². The zero-order valence-electron chi connectivity index (χ0n) is 8.99. The molecule has 2 rings (SSSR count). The van der Waals surface area contributed by atoms with E-state index in [0.29, 0.717) is 17.3 Å². The molecule has 0 fully saturated rings. The van der Waals surface area contributed by atoms with Crippen LogP contribution in [0.2, 0.25) is 0 Å². The van der Waals surface area contributed by atoms with E-state index in [1.54, 1.807) is 18.2 Å². The molecule has 2 heterocycles. The summed E-state index contributed by atoms with van der Waals surface area (Å²) in [5, 5.41) is 16.4. The number of aromatic nitrogens is 3. The van der Waals surface area contributed by atoms with Crippen LogP contribution in [-0.4, -0.2) is 33.4 Å². The summed E-state index contributed by atoms with van der Waals surface area (Å²) in [5.74, 6) is -0.597. The molecule has 6 nitrogen and oxygen atoms in total. The molecule has 0 aliphatic heterocycles. The number of hydrogen-bond donors (Lipinski definition) is 1. The lowest BCUT2D eigenvalue weighted by molar-refractivity contribution is 0.0696. The largest absolute Gasteiger partial charge is 0.480 e. The van der Waals surface area contributed by atoms with Gasteiger partial charge in [-0.15, -0.1) is 10.2 Å². The topological polar surface area (TPSA) is 85.2 Å². The molecule has 86 valence electrons. The molecule has 1 N–H and O–H groups in total. The van der Waals surface area contributed by atoms with Crippen LogP contribution in [0, 0.1) is 0 Å². The number of carboxylic acids is 1. The van der Waals surface area contributed by atoms with Crippen molar-refractivity contribution in [3.63, 3.8) is 0 Å². The number of pyridine rings is 1. The molecule has 2 aromatic rings. The van der Waals surface area contributed by atoms with Gasteiger partial charge in [0, 0.05) is 12.3 Å². The summed E-state index contributed by atoms with van der Waals surface area (Å²) in [5.41, 5.74) is 1.25. The summed E-state index contributed by atoms with van der Waals surface area (Å²) in [7, 11) is 1.50. The molecule has 0 radical (unpaired) electrons. The van der Waals surface area contributed by atoms with Gasteiger partial charge in [-0.05, 0) is 18.2 Å². The maximum atomic E-state index is 10.6. The second-order valence-electron chi connectivity index (χ2n) is 3.20. The van der Waals surface area contributed by atoms with Gasteiger partial charge in [0.25, 0.3) is 0 Å². The fourth-order valence-electron chi connectivity index (χ4n) is 1.24. The zero-order valence-corrected chi connectivity index (χ0v) is 8.99. The molecule has 0 saturated carbocycles. The highest BCUT2D eigenvalue weighted by Crippen LogP contribution is 2.15. The van der Waals surface area contributed by atoms with E-state index >= 15 is 0 Å². The third-order valence-electron chi connectivity index (χ3n) is 2.12. The zero-order chi connectivity index (χ0) is 12.3. The summed E-state index contributed by atoms with van der Waals surface area (Å²) in [6.07, 6.45) is 1.28. The van der Waals surface area contributed by atoms with Crippen LogP contribution in [0.3, 0.4) is 0 Å². The number of carboxylic acid groups (broad SMARTS) is 1. The van der Waals surface area contributed by atoms with Crippen LogP contribution in [0.1, 0.15) is 10.4 Å². The van der Waals surface area contributed by atoms with Gasteiger partial charge in [-0.3, -0.25) is 4.98 Å². The van der Waals surface area contributed by atoms with Crippen LogP contribution < -0.4 is 4.74 Å². The lowest BCUT2D eigenvalue weighted by Crippen LogP contribution is -1.98. The minimum Gasteiger partial charge on any atom is -0.480 e. The van der Waals surface area contributed by atoms with Crippen molar-refractivity contribution < 1.29 is 14.6 Å². The molecular weight excluding hydrogens is 222 g/mol. The van der Waals surface area contributed by atoms with Gasteiger partial charge < -0.3 is 9.84 Å². The lowest BCUT2D eigenvalue weighted by Gasteiger charge is -2.01. The molecule has 0 amide bonds. The van der Waals surface area contributed by atoms with E-state index < -0.39 is 5.97 Å². The molecule has 0 atom stereocenters. The Hall–Kier alpha value is -2.50. The Kier molecular flexibility index (Phi) is 2.95. The molecule has 0 saturated heterocycles. The van der Waals surface area contributed by atoms with E-state index in [1.165, 1.54) is 19.4 Å². The Morgan fingerprint density at radius 3 is 2.41 bits per heavy atom. The van der Waals surface area contributed by atoms with Gasteiger partial charge in [0.05, 0.1) is 18.4 Å². The number of hydrogen-bond acceptors (Lipinski definition) is 5. The van der Waals surface area contributed by atoms with Crippen molar-refractivity contribution in [1.82, 2.24) is 15.2 Å². The van der Waals surface area contributed by atoms with Crippen molar-refractivity contribution in [3.8, 4) is 17.3 Å². The Labute approximate surface area is 96.9 Å². The highest BCUT2D eigenvalue weighted by molar-refractivity contribution is 5.87. The molecule has 0 aliphatic rings. The van der Waals surface area contributed by atoms with Crippen LogP contribution in [0.4, 0.5) is 0 Å². The normalized spacial score (nSPS) is 9.94. The fraction of sp³-hybridized carbons (Fsp3) is 0.0909. The van der Waals surface area contributed by atoms with E-state index in [0.717, 1.165) is 0 Å². The molecular formula is C11H9N3O3. The van der Waals surface area contributed by atoms with Crippen LogP contribution in [0.15, 0.2) is 30.5 Å². The van der Waals surface area contributed by atoms with E-state index in [-0.39, 0.29) is 5.56 Å². The molecule has 0 spiro atoms. The second kappa shape index (κ2) is 4.56. The van der Waals surface area contributed by atoms with Crippen molar-refractivity contribution in [1.29, 1.82) is 0 Å². The fourth-order valence-corrected chi connectivity index (χ4v) is 1.24. The quantitative estimate of drug-likeness (QED) is 0.855. The van der Waals surface area contributed by atoms with Crippen molar-refractivity contribution in [2.75, 3.05) is 7.11 Å². The van der Waals surface area contributed by atoms with Crippen molar-refractivity contribution in [2.45, 2.75) is 0 Å². The smallest absolute Gasteiger partial charge is 0.337 e. The summed E-state index contributed by atoms with van der Waals surface area (Å²) >= 11 is 0. The Morgan fingerprint density at radius 1 is 1.18 bits per heavy atom. The highest BCUT2D eigenvalue weighted by Gasteiger charge is 2.06. The number of nitrogens with zero attached hydrogens (tertiary/aromatic N) is 3. The van der Waals surface area contributed by atoms with E-state index in [4.69, 9.17) is 9.84 Å². The highest BCUT2D eigenvalue weighted by atomic mass is 16.5. The number of methoxy groups -OCH3 is 1. The Morgan fingerprint density at radius 2 is 1.94 bits per heavy atom. The SMILES string of the molecule is COc1ccc(-c2ccc(C(=O)O)cn2)nn1. The number of carbonyl (C=O) groups is 1. The van der Waals surface area contributed by atoms with Gasteiger partial charge in [-0.25, -0.2) is 4.79 Å². The maximum absolute atomic E-state index is 10.6. The van der Waals surface area contributed by atoms with Crippen LogP contribution in [0.5, 0.6) is 5.88 Å². The summed E-state index contributed by atoms with van der Waals surface area (Å²) in [6, 6.07) is 6.42. The summed E-state index contributed by atoms with van der Waals surface area (Å²) in [6.45, 7) is 0. The first-order valence-electron chi connectivity index (χ1n) is 4.78. The minimum atomic E-state index is -1.01. The first kappa shape index (κ1) is 11.0. The van der Waals surface area contributed by atoms with Crippen molar-refractivity contribution in [2.24, 2.45) is 0 Å². The van der Waals surface area contributed by atoms with Crippen LogP contribution in [-0.2, 0) is 0 Å². The first-order valence-corrected chi connectivity index (χ1v) is 4.78. The number of rotatable bonds is 3. The molecule has 17 heavy (non-hydrogen) atoms. The Bertz CT molecular complexity index is 523. The van der Waals surface area contributed by atoms with Gasteiger partial charge >= 0.3 is 5.97 Å². The van der Waals surface area contributed by atoms with Gasteiger partial charge in [-0.2, -0.15) is 0 Å². The van der Waals surface area contributed by atoms with Gasteiger partial charge in [0.1, 0.15) is 5.69 Å². The molecule has 6 heteroatoms. The predicted octanol–water partition coefficient (Wildman–Crippen LogP) is 1.25. The molecule has 0 aliphatic carbocycles. The summed E-state index contributed by atoms with van der Waals surface area (Å²) in [4.78, 5) is 14.6. The van der Waals surface area contributed by atoms with E-state index in [2.05, 4.69) is 15.2 Å². The van der Waals surface area contributed by atoms with Crippen molar-refractivity contribution >= 4 is 5.97 Å². The summed E-state index contributed by atoms with van der Waals surface area (Å²) < 4.78 is 4.88. The molecule has 0 aromatic carbocycles. The van der Waals surface area contributed by atoms with Gasteiger partial charge in [-0.1, -0.05) is 0 Å². The third-order valence-corrected chi connectivity index (χ3v) is 2.12. The monoisotopic (exact) mass is 231 g/mol. The minimum absolute atomic E-state index is 0.134. The first-order chi connectivity index (χ1) is 8.20. The maximum Gasteiger partial charge on any atom is 0.337 e. The number of aromatic carboxylic acids is 1. The average Bonchev–Trinajstić information content (AvgIpc) is 2.39. The van der Waals surface area contributed by atoms with E-state index in [1.807, 2.05) is 0 Å². The third kappa shape index (κ3) is 2.36. The standard InChI is InChI=1S/C11H9N3O3/c1-17-10-5-4-9(13-14-10)8-3-2-7(6-12-8)11(15)16/h2-6H,1H3,(H,15,16). The second-order valence-corrected chi connectivity index (χ2v) is 3.20. The van der Waals surface area contributed by atoms with Gasteiger partial charge in [0.2, 0.25) is 5.88 Å². The lowest BCUT2D eigenvalue weighted by atomic mass is 10.2. The molecule has 0 unspecified atom stereocenters. The van der Waals surface area contributed by atoms with Crippen LogP contribution in [0.25, 0.3) is 11.4 Å². The molecule has 0 bridgehead atoms. The Balaban J connectivity index is 2.29. The predicted molar refractivity (Wildman–Crippen MR) is 58.8 cm³/mol.